The van der Waals surface area contributed by atoms with E-state index in [1.54, 1.807) is 24.3 Å². The Morgan fingerprint density at radius 3 is 2.50 bits per heavy atom. The van der Waals surface area contributed by atoms with E-state index < -0.39 is 17.8 Å². The highest BCUT2D eigenvalue weighted by atomic mass is 19.1. The normalized spacial score (nSPS) is 14.1. The lowest BCUT2D eigenvalue weighted by Crippen LogP contribution is -1.98. The smallest absolute Gasteiger partial charge is 0.349 e. The third kappa shape index (κ3) is 1.01. The van der Waals surface area contributed by atoms with Crippen LogP contribution >= 0.6 is 0 Å². The maximum absolute atomic E-state index is 13.6. The molecule has 16 heavy (non-hydrogen) atoms. The number of cyclic esters (lactones) is 2. The van der Waals surface area contributed by atoms with Crippen molar-refractivity contribution in [2.45, 2.75) is 0 Å². The lowest BCUT2D eigenvalue weighted by molar-refractivity contribution is 0.0443. The van der Waals surface area contributed by atoms with Crippen LogP contribution in [0, 0.1) is 5.82 Å². The van der Waals surface area contributed by atoms with Crippen LogP contribution in [0.1, 0.15) is 20.7 Å². The zero-order chi connectivity index (χ0) is 11.3. The van der Waals surface area contributed by atoms with E-state index in [9.17, 15) is 14.0 Å². The van der Waals surface area contributed by atoms with Gasteiger partial charge in [-0.05, 0) is 16.8 Å². The number of halogens is 1. The fourth-order valence-electron chi connectivity index (χ4n) is 1.91. The van der Waals surface area contributed by atoms with E-state index in [0.717, 1.165) is 0 Å². The van der Waals surface area contributed by atoms with Crippen LogP contribution in [0.3, 0.4) is 0 Å². The predicted molar refractivity (Wildman–Crippen MR) is 53.7 cm³/mol. The van der Waals surface area contributed by atoms with E-state index in [1.807, 2.05) is 0 Å². The molecule has 2 aromatic carbocycles. The molecule has 0 saturated heterocycles. The van der Waals surface area contributed by atoms with Gasteiger partial charge < -0.3 is 4.74 Å². The maximum atomic E-state index is 13.6. The third-order valence-corrected chi connectivity index (χ3v) is 2.59. The monoisotopic (exact) mass is 216 g/mol. The second-order valence-electron chi connectivity index (χ2n) is 3.51. The van der Waals surface area contributed by atoms with Gasteiger partial charge in [0, 0.05) is 0 Å². The number of carbonyl (C=O) groups is 2. The van der Waals surface area contributed by atoms with Gasteiger partial charge >= 0.3 is 11.9 Å². The molecule has 0 aliphatic carbocycles. The number of fused-ring (bicyclic) bond motifs is 3. The molecule has 0 radical (unpaired) electrons. The lowest BCUT2D eigenvalue weighted by Gasteiger charge is -2.01. The van der Waals surface area contributed by atoms with E-state index >= 15 is 0 Å². The molecule has 0 spiro atoms. The van der Waals surface area contributed by atoms with Crippen LogP contribution in [0.2, 0.25) is 0 Å². The lowest BCUT2D eigenvalue weighted by atomic mass is 10.00. The summed E-state index contributed by atoms with van der Waals surface area (Å²) in [7, 11) is 0. The Hall–Kier alpha value is -2.23. The SMILES string of the molecule is O=C1OC(=O)c2c1c(F)cc1ccccc21. The molecular weight excluding hydrogens is 211 g/mol. The summed E-state index contributed by atoms with van der Waals surface area (Å²) in [5, 5.41) is 1.11. The van der Waals surface area contributed by atoms with Crippen LogP contribution < -0.4 is 0 Å². The number of rotatable bonds is 0. The summed E-state index contributed by atoms with van der Waals surface area (Å²) in [6, 6.07) is 8.02. The minimum atomic E-state index is -0.914. The van der Waals surface area contributed by atoms with Crippen molar-refractivity contribution < 1.29 is 18.7 Å². The Morgan fingerprint density at radius 2 is 1.69 bits per heavy atom. The summed E-state index contributed by atoms with van der Waals surface area (Å²) >= 11 is 0. The quantitative estimate of drug-likeness (QED) is 0.501. The summed E-state index contributed by atoms with van der Waals surface area (Å²) in [4.78, 5) is 22.7. The standard InChI is InChI=1S/C12H5FO3/c13-8-5-6-3-1-2-4-7(6)9-10(8)12(15)16-11(9)14/h1-5H. The first-order chi connectivity index (χ1) is 7.68. The summed E-state index contributed by atoms with van der Waals surface area (Å²) < 4.78 is 18.0. The van der Waals surface area contributed by atoms with Crippen molar-refractivity contribution in [3.05, 3.63) is 47.3 Å². The number of hydrogen-bond acceptors (Lipinski definition) is 3. The first kappa shape index (κ1) is 9.03. The van der Waals surface area contributed by atoms with Gasteiger partial charge in [-0.3, -0.25) is 0 Å². The molecule has 1 heterocycles. The molecular formula is C12H5FO3. The Morgan fingerprint density at radius 1 is 1.00 bits per heavy atom. The minimum absolute atomic E-state index is 0.0283. The fraction of sp³-hybridized carbons (Fsp3) is 0. The number of ether oxygens (including phenoxy) is 1. The molecule has 0 N–H and O–H groups in total. The predicted octanol–water partition coefficient (Wildman–Crippen LogP) is 2.29. The maximum Gasteiger partial charge on any atom is 0.349 e. The zero-order valence-electron chi connectivity index (χ0n) is 7.99. The molecule has 0 fully saturated rings. The average molecular weight is 216 g/mol. The van der Waals surface area contributed by atoms with Gasteiger partial charge in [0.25, 0.3) is 0 Å². The van der Waals surface area contributed by atoms with Gasteiger partial charge in [0.05, 0.1) is 5.56 Å². The van der Waals surface area contributed by atoms with E-state index in [-0.39, 0.29) is 11.1 Å². The molecule has 0 aromatic heterocycles. The first-order valence-corrected chi connectivity index (χ1v) is 4.66. The molecule has 0 atom stereocenters. The molecule has 1 aliphatic heterocycles. The summed E-state index contributed by atoms with van der Waals surface area (Å²) in [6.07, 6.45) is 0. The number of hydrogen-bond donors (Lipinski definition) is 0. The van der Waals surface area contributed by atoms with Gasteiger partial charge in [-0.25, -0.2) is 14.0 Å². The van der Waals surface area contributed by atoms with E-state index in [4.69, 9.17) is 0 Å². The highest BCUT2D eigenvalue weighted by Crippen LogP contribution is 2.30. The van der Waals surface area contributed by atoms with Gasteiger partial charge in [0.1, 0.15) is 11.4 Å². The zero-order valence-corrected chi connectivity index (χ0v) is 7.99. The van der Waals surface area contributed by atoms with E-state index in [0.29, 0.717) is 10.8 Å². The van der Waals surface area contributed by atoms with Gasteiger partial charge in [0.2, 0.25) is 0 Å². The van der Waals surface area contributed by atoms with Gasteiger partial charge in [-0.1, -0.05) is 24.3 Å². The Bertz CT molecular complexity index is 646. The van der Waals surface area contributed by atoms with Crippen LogP contribution in [-0.4, -0.2) is 11.9 Å². The molecule has 2 aromatic rings. The van der Waals surface area contributed by atoms with Crippen LogP contribution in [0.25, 0.3) is 10.8 Å². The second kappa shape index (κ2) is 2.88. The van der Waals surface area contributed by atoms with Crippen molar-refractivity contribution in [1.29, 1.82) is 0 Å². The van der Waals surface area contributed by atoms with E-state index in [1.165, 1.54) is 6.07 Å². The Balaban J connectivity index is 2.54. The van der Waals surface area contributed by atoms with E-state index in [2.05, 4.69) is 4.74 Å². The summed E-state index contributed by atoms with van der Waals surface area (Å²) in [5.41, 5.74) is -0.232. The van der Waals surface area contributed by atoms with Gasteiger partial charge in [-0.15, -0.1) is 0 Å². The number of benzene rings is 2. The fourth-order valence-corrected chi connectivity index (χ4v) is 1.91. The highest BCUT2D eigenvalue weighted by molar-refractivity contribution is 6.21. The van der Waals surface area contributed by atoms with Crippen LogP contribution in [0.15, 0.2) is 30.3 Å². The van der Waals surface area contributed by atoms with Crippen LogP contribution in [-0.2, 0) is 4.74 Å². The van der Waals surface area contributed by atoms with Crippen LogP contribution in [0.4, 0.5) is 4.39 Å². The van der Waals surface area contributed by atoms with Crippen molar-refractivity contribution in [2.75, 3.05) is 0 Å². The highest BCUT2D eigenvalue weighted by Gasteiger charge is 2.34. The molecule has 3 nitrogen and oxygen atoms in total. The summed E-state index contributed by atoms with van der Waals surface area (Å²) in [5.74, 6) is -2.41. The molecule has 4 heteroatoms. The molecule has 78 valence electrons. The molecule has 1 aliphatic rings. The van der Waals surface area contributed by atoms with Crippen molar-refractivity contribution in [3.8, 4) is 0 Å². The third-order valence-electron chi connectivity index (χ3n) is 2.59. The average Bonchev–Trinajstić information content (AvgIpc) is 2.55. The van der Waals surface area contributed by atoms with Crippen molar-refractivity contribution in [3.63, 3.8) is 0 Å². The number of carbonyl (C=O) groups excluding carboxylic acids is 2. The Kier molecular flexibility index (Phi) is 1.63. The van der Waals surface area contributed by atoms with Crippen LogP contribution in [0.5, 0.6) is 0 Å². The molecule has 0 amide bonds. The molecule has 0 saturated carbocycles. The van der Waals surface area contributed by atoms with Crippen molar-refractivity contribution in [2.24, 2.45) is 0 Å². The van der Waals surface area contributed by atoms with Gasteiger partial charge in [0.15, 0.2) is 0 Å². The number of esters is 2. The summed E-state index contributed by atoms with van der Waals surface area (Å²) in [6.45, 7) is 0. The van der Waals surface area contributed by atoms with Crippen molar-refractivity contribution >= 4 is 22.7 Å². The van der Waals surface area contributed by atoms with Crippen molar-refractivity contribution in [1.82, 2.24) is 0 Å². The second-order valence-corrected chi connectivity index (χ2v) is 3.51. The topological polar surface area (TPSA) is 43.4 Å². The molecule has 0 bridgehead atoms. The minimum Gasteiger partial charge on any atom is -0.386 e. The molecule has 0 unspecified atom stereocenters. The van der Waals surface area contributed by atoms with Gasteiger partial charge in [-0.2, -0.15) is 0 Å². The first-order valence-electron chi connectivity index (χ1n) is 4.66. The largest absolute Gasteiger partial charge is 0.386 e. The molecule has 3 rings (SSSR count). The Labute approximate surface area is 89.4 Å².